The van der Waals surface area contributed by atoms with Gasteiger partial charge in [0, 0.05) is 18.0 Å². The third-order valence-corrected chi connectivity index (χ3v) is 1.65. The molecule has 5 nitrogen and oxygen atoms in total. The van der Waals surface area contributed by atoms with Crippen molar-refractivity contribution in [3.63, 3.8) is 0 Å². The highest BCUT2D eigenvalue weighted by atomic mass is 16.5. The Kier molecular flexibility index (Phi) is 1.81. The Hall–Kier alpha value is -2.09. The average Bonchev–Trinajstić information content (AvgIpc) is 2.76. The van der Waals surface area contributed by atoms with Crippen LogP contribution in [0.4, 0.5) is 0 Å². The topological polar surface area (TPSA) is 67.6 Å². The maximum atomic E-state index is 8.66. The number of rotatable bonds is 2. The number of nitrogens with zero attached hydrogens (tertiary/aromatic N) is 4. The van der Waals surface area contributed by atoms with Gasteiger partial charge in [-0.05, 0) is 0 Å². The van der Waals surface area contributed by atoms with Crippen LogP contribution in [0, 0.1) is 11.3 Å². The molecule has 0 radical (unpaired) electrons. The van der Waals surface area contributed by atoms with E-state index in [1.807, 2.05) is 6.07 Å². The molecule has 0 atom stereocenters. The molecule has 2 heterocycles. The van der Waals surface area contributed by atoms with Crippen molar-refractivity contribution in [3.8, 4) is 6.07 Å². The second-order valence-electron chi connectivity index (χ2n) is 2.52. The molecule has 5 heteroatoms. The van der Waals surface area contributed by atoms with Crippen LogP contribution >= 0.6 is 0 Å². The summed E-state index contributed by atoms with van der Waals surface area (Å²) in [4.78, 5) is 3.87. The van der Waals surface area contributed by atoms with E-state index < -0.39 is 0 Å². The Labute approximate surface area is 74.2 Å². The van der Waals surface area contributed by atoms with Crippen LogP contribution in [0.1, 0.15) is 11.4 Å². The highest BCUT2D eigenvalue weighted by molar-refractivity contribution is 5.14. The Morgan fingerprint density at radius 1 is 1.62 bits per heavy atom. The van der Waals surface area contributed by atoms with E-state index in [4.69, 9.17) is 5.26 Å². The molecular formula is C8H6N4O. The Morgan fingerprint density at radius 3 is 3.23 bits per heavy atom. The summed E-state index contributed by atoms with van der Waals surface area (Å²) in [6.45, 7) is 0.562. The minimum Gasteiger partial charge on any atom is -0.364 e. The van der Waals surface area contributed by atoms with E-state index in [1.54, 1.807) is 29.4 Å². The van der Waals surface area contributed by atoms with Crippen LogP contribution in [0.25, 0.3) is 0 Å². The highest BCUT2D eigenvalue weighted by Gasteiger charge is 2.02. The minimum atomic E-state index is 0.390. The van der Waals surface area contributed by atoms with Crippen molar-refractivity contribution >= 4 is 0 Å². The molecule has 0 spiro atoms. The number of imidazole rings is 1. The van der Waals surface area contributed by atoms with Crippen molar-refractivity contribution < 1.29 is 4.52 Å². The minimum absolute atomic E-state index is 0.390. The summed E-state index contributed by atoms with van der Waals surface area (Å²) in [7, 11) is 0. The maximum Gasteiger partial charge on any atom is 0.213 e. The van der Waals surface area contributed by atoms with E-state index in [0.717, 1.165) is 5.56 Å². The largest absolute Gasteiger partial charge is 0.364 e. The summed E-state index contributed by atoms with van der Waals surface area (Å²) in [5.74, 6) is 0.390. The zero-order valence-electron chi connectivity index (χ0n) is 6.71. The zero-order valence-corrected chi connectivity index (χ0v) is 6.71. The first-order chi connectivity index (χ1) is 6.40. The van der Waals surface area contributed by atoms with Gasteiger partial charge in [-0.15, -0.1) is 0 Å². The Morgan fingerprint density at radius 2 is 2.54 bits per heavy atom. The zero-order chi connectivity index (χ0) is 9.10. The van der Waals surface area contributed by atoms with Crippen molar-refractivity contribution in [2.75, 3.05) is 0 Å². The van der Waals surface area contributed by atoms with Crippen LogP contribution in [0.3, 0.4) is 0 Å². The Balaban J connectivity index is 2.24. The van der Waals surface area contributed by atoms with Crippen molar-refractivity contribution in [2.45, 2.75) is 6.54 Å². The molecule has 64 valence electrons. The molecular weight excluding hydrogens is 168 g/mol. The normalized spacial score (nSPS) is 9.77. The molecule has 0 unspecified atom stereocenters. The quantitative estimate of drug-likeness (QED) is 0.675. The summed E-state index contributed by atoms with van der Waals surface area (Å²) in [6.07, 6.45) is 6.49. The molecule has 2 rings (SSSR count). The fraction of sp³-hybridized carbons (Fsp3) is 0.125. The summed E-state index contributed by atoms with van der Waals surface area (Å²) in [5.41, 5.74) is 0.912. The third-order valence-electron chi connectivity index (χ3n) is 1.65. The van der Waals surface area contributed by atoms with Gasteiger partial charge in [0.1, 0.15) is 12.3 Å². The number of nitriles is 1. The molecule has 0 fully saturated rings. The molecule has 0 aromatic carbocycles. The van der Waals surface area contributed by atoms with Gasteiger partial charge in [0.25, 0.3) is 0 Å². The Bertz CT molecular complexity index is 423. The monoisotopic (exact) mass is 174 g/mol. The van der Waals surface area contributed by atoms with Gasteiger partial charge in [-0.25, -0.2) is 4.98 Å². The molecule has 0 aliphatic rings. The van der Waals surface area contributed by atoms with Crippen molar-refractivity contribution in [1.82, 2.24) is 14.7 Å². The lowest BCUT2D eigenvalue weighted by Gasteiger charge is -1.98. The molecule has 0 saturated carbocycles. The van der Waals surface area contributed by atoms with Gasteiger partial charge >= 0.3 is 0 Å². The number of hydrogen-bond donors (Lipinski definition) is 0. The van der Waals surface area contributed by atoms with Crippen molar-refractivity contribution in [3.05, 3.63) is 36.2 Å². The number of hydrogen-bond acceptors (Lipinski definition) is 4. The number of aromatic nitrogens is 3. The first-order valence-corrected chi connectivity index (χ1v) is 3.69. The summed E-state index contributed by atoms with van der Waals surface area (Å²) >= 11 is 0. The molecule has 2 aromatic heterocycles. The first kappa shape index (κ1) is 7.55. The predicted octanol–water partition coefficient (Wildman–Crippen LogP) is 0.791. The van der Waals surface area contributed by atoms with Crippen molar-refractivity contribution in [2.24, 2.45) is 0 Å². The lowest BCUT2D eigenvalue weighted by atomic mass is 10.3. The standard InChI is InChI=1S/C8H6N4O/c9-3-8-10-1-2-12(8)5-7-4-11-13-6-7/h1-2,4,6H,5H2. The molecule has 2 aromatic rings. The highest BCUT2D eigenvalue weighted by Crippen LogP contribution is 2.03. The van der Waals surface area contributed by atoms with Crippen LogP contribution in [0.2, 0.25) is 0 Å². The molecule has 0 N–H and O–H groups in total. The van der Waals surface area contributed by atoms with Crippen molar-refractivity contribution in [1.29, 1.82) is 5.26 Å². The van der Waals surface area contributed by atoms with Crippen LogP contribution in [-0.4, -0.2) is 14.7 Å². The molecule has 0 bridgehead atoms. The third kappa shape index (κ3) is 1.42. The molecule has 0 amide bonds. The van der Waals surface area contributed by atoms with E-state index in [1.165, 1.54) is 0 Å². The lowest BCUT2D eigenvalue weighted by Crippen LogP contribution is -2.00. The first-order valence-electron chi connectivity index (χ1n) is 3.69. The van der Waals surface area contributed by atoms with Crippen LogP contribution in [0.15, 0.2) is 29.4 Å². The van der Waals surface area contributed by atoms with Gasteiger partial charge < -0.3 is 9.09 Å². The van der Waals surface area contributed by atoms with E-state index >= 15 is 0 Å². The van der Waals surface area contributed by atoms with E-state index in [2.05, 4.69) is 14.7 Å². The maximum absolute atomic E-state index is 8.66. The molecule has 0 aliphatic carbocycles. The van der Waals surface area contributed by atoms with E-state index in [9.17, 15) is 0 Å². The summed E-state index contributed by atoms with van der Waals surface area (Å²) < 4.78 is 6.40. The fourth-order valence-corrected chi connectivity index (χ4v) is 1.05. The lowest BCUT2D eigenvalue weighted by molar-refractivity contribution is 0.418. The van der Waals surface area contributed by atoms with Gasteiger partial charge in [-0.3, -0.25) is 0 Å². The summed E-state index contributed by atoms with van der Waals surface area (Å²) in [6, 6.07) is 1.99. The SMILES string of the molecule is N#Cc1nccn1Cc1cnoc1. The van der Waals surface area contributed by atoms with Crippen LogP contribution in [0.5, 0.6) is 0 Å². The van der Waals surface area contributed by atoms with Crippen LogP contribution in [-0.2, 0) is 6.54 Å². The van der Waals surface area contributed by atoms with E-state index in [0.29, 0.717) is 12.4 Å². The second kappa shape index (κ2) is 3.11. The fourth-order valence-electron chi connectivity index (χ4n) is 1.05. The van der Waals surface area contributed by atoms with Gasteiger partial charge in [-0.2, -0.15) is 5.26 Å². The van der Waals surface area contributed by atoms with Gasteiger partial charge in [0.05, 0.1) is 12.7 Å². The molecule has 0 saturated heterocycles. The average molecular weight is 174 g/mol. The summed E-state index contributed by atoms with van der Waals surface area (Å²) in [5, 5.41) is 12.2. The second-order valence-corrected chi connectivity index (χ2v) is 2.52. The predicted molar refractivity (Wildman–Crippen MR) is 42.5 cm³/mol. The molecule has 13 heavy (non-hydrogen) atoms. The van der Waals surface area contributed by atoms with Gasteiger partial charge in [0.15, 0.2) is 0 Å². The smallest absolute Gasteiger partial charge is 0.213 e. The van der Waals surface area contributed by atoms with Gasteiger partial charge in [-0.1, -0.05) is 5.16 Å². The molecule has 0 aliphatic heterocycles. The van der Waals surface area contributed by atoms with E-state index in [-0.39, 0.29) is 0 Å². The van der Waals surface area contributed by atoms with Gasteiger partial charge in [0.2, 0.25) is 5.82 Å². The van der Waals surface area contributed by atoms with Crippen LogP contribution < -0.4 is 0 Å².